The fourth-order valence-electron chi connectivity index (χ4n) is 7.62. The van der Waals surface area contributed by atoms with Crippen LogP contribution >= 0.6 is 0 Å². The SMILES string of the molecule is C=Cc1ccc(Oc2cccc(-c3ccc(N(c4ccc(-c5cccc(Oc6ccc(C=C)cc6)c5)cc4)c4ccc(-c5cccc(Oc6ccc(CC)cc6)c5)cc4)cc3)c2)cc1. The summed E-state index contributed by atoms with van der Waals surface area (Å²) in [5.74, 6) is 4.73. The first-order valence-electron chi connectivity index (χ1n) is 21.5. The fourth-order valence-corrected chi connectivity index (χ4v) is 7.62. The average molecular weight is 830 g/mol. The summed E-state index contributed by atoms with van der Waals surface area (Å²) in [6.45, 7) is 9.86. The van der Waals surface area contributed by atoms with Crippen molar-refractivity contribution in [3.05, 3.63) is 248 Å². The molecule has 310 valence electrons. The van der Waals surface area contributed by atoms with E-state index in [0.29, 0.717) is 0 Å². The quantitative estimate of drug-likeness (QED) is 0.103. The van der Waals surface area contributed by atoms with Crippen LogP contribution in [0.5, 0.6) is 34.5 Å². The fraction of sp³-hybridized carbons (Fsp3) is 0.0333. The van der Waals surface area contributed by atoms with Gasteiger partial charge in [0.15, 0.2) is 0 Å². The van der Waals surface area contributed by atoms with Crippen molar-refractivity contribution in [2.75, 3.05) is 4.90 Å². The monoisotopic (exact) mass is 829 g/mol. The van der Waals surface area contributed by atoms with Crippen molar-refractivity contribution < 1.29 is 14.2 Å². The summed E-state index contributed by atoms with van der Waals surface area (Å²) in [5.41, 5.74) is 13.0. The summed E-state index contributed by atoms with van der Waals surface area (Å²) in [6, 6.07) is 74.8. The molecule has 0 saturated heterocycles. The third-order valence-corrected chi connectivity index (χ3v) is 11.1. The maximum Gasteiger partial charge on any atom is 0.128 e. The van der Waals surface area contributed by atoms with Gasteiger partial charge in [0.1, 0.15) is 34.5 Å². The van der Waals surface area contributed by atoms with Crippen LogP contribution in [-0.4, -0.2) is 0 Å². The lowest BCUT2D eigenvalue weighted by molar-refractivity contribution is 0.482. The largest absolute Gasteiger partial charge is 0.457 e. The van der Waals surface area contributed by atoms with Crippen molar-refractivity contribution in [2.45, 2.75) is 13.3 Å². The van der Waals surface area contributed by atoms with Crippen LogP contribution in [0.1, 0.15) is 23.6 Å². The van der Waals surface area contributed by atoms with Gasteiger partial charge in [-0.1, -0.05) is 141 Å². The van der Waals surface area contributed by atoms with Gasteiger partial charge in [-0.15, -0.1) is 0 Å². The van der Waals surface area contributed by atoms with Gasteiger partial charge in [-0.25, -0.2) is 0 Å². The van der Waals surface area contributed by atoms with E-state index in [0.717, 1.165) is 102 Å². The summed E-state index contributed by atoms with van der Waals surface area (Å²) in [5, 5.41) is 0. The molecule has 0 unspecified atom stereocenters. The van der Waals surface area contributed by atoms with Gasteiger partial charge in [-0.2, -0.15) is 0 Å². The van der Waals surface area contributed by atoms with Crippen molar-refractivity contribution >= 4 is 29.2 Å². The maximum atomic E-state index is 6.25. The lowest BCUT2D eigenvalue weighted by atomic mass is 10.0. The second-order valence-electron chi connectivity index (χ2n) is 15.4. The van der Waals surface area contributed by atoms with Crippen molar-refractivity contribution in [3.8, 4) is 67.9 Å². The van der Waals surface area contributed by atoms with Gasteiger partial charge < -0.3 is 19.1 Å². The highest BCUT2D eigenvalue weighted by Gasteiger charge is 2.15. The van der Waals surface area contributed by atoms with E-state index in [-0.39, 0.29) is 0 Å². The van der Waals surface area contributed by atoms with E-state index >= 15 is 0 Å². The van der Waals surface area contributed by atoms with Crippen LogP contribution in [0.4, 0.5) is 17.1 Å². The molecule has 0 radical (unpaired) electrons. The first-order chi connectivity index (χ1) is 31.5. The first kappa shape index (κ1) is 41.0. The van der Waals surface area contributed by atoms with E-state index in [4.69, 9.17) is 14.2 Å². The van der Waals surface area contributed by atoms with E-state index in [1.54, 1.807) is 0 Å². The third kappa shape index (κ3) is 9.73. The van der Waals surface area contributed by atoms with Crippen molar-refractivity contribution in [1.29, 1.82) is 0 Å². The normalized spacial score (nSPS) is 10.8. The molecule has 9 aromatic rings. The minimum absolute atomic E-state index is 0.775. The molecule has 4 nitrogen and oxygen atoms in total. The molecule has 0 aromatic heterocycles. The number of nitrogens with zero attached hydrogens (tertiary/aromatic N) is 1. The molecule has 0 amide bonds. The summed E-state index contributed by atoms with van der Waals surface area (Å²) in [6.07, 6.45) is 4.65. The van der Waals surface area contributed by atoms with E-state index in [1.165, 1.54) is 5.56 Å². The topological polar surface area (TPSA) is 30.9 Å². The van der Waals surface area contributed by atoms with Gasteiger partial charge in [0.2, 0.25) is 0 Å². The van der Waals surface area contributed by atoms with Crippen LogP contribution in [-0.2, 0) is 6.42 Å². The van der Waals surface area contributed by atoms with Crippen LogP contribution < -0.4 is 19.1 Å². The highest BCUT2D eigenvalue weighted by Crippen LogP contribution is 2.39. The summed E-state index contributed by atoms with van der Waals surface area (Å²) in [4.78, 5) is 2.29. The number of hydrogen-bond acceptors (Lipinski definition) is 4. The molecule has 0 fully saturated rings. The number of hydrogen-bond donors (Lipinski definition) is 0. The Morgan fingerprint density at radius 3 is 0.953 bits per heavy atom. The number of anilines is 3. The highest BCUT2D eigenvalue weighted by molar-refractivity contribution is 5.81. The number of ether oxygens (including phenoxy) is 3. The van der Waals surface area contributed by atoms with Gasteiger partial charge in [0, 0.05) is 17.1 Å². The van der Waals surface area contributed by atoms with Gasteiger partial charge >= 0.3 is 0 Å². The van der Waals surface area contributed by atoms with Gasteiger partial charge in [0.05, 0.1) is 0 Å². The van der Waals surface area contributed by atoms with Crippen molar-refractivity contribution in [3.63, 3.8) is 0 Å². The Balaban J connectivity index is 0.999. The predicted octanol–water partition coefficient (Wildman–Crippen LogP) is 17.4. The van der Waals surface area contributed by atoms with E-state index in [2.05, 4.69) is 146 Å². The molecule has 9 aromatic carbocycles. The van der Waals surface area contributed by atoms with E-state index < -0.39 is 0 Å². The minimum Gasteiger partial charge on any atom is -0.457 e. The molecular formula is C60H47NO3. The Labute approximate surface area is 376 Å². The molecule has 0 aliphatic rings. The molecule has 0 atom stereocenters. The smallest absolute Gasteiger partial charge is 0.128 e. The Bertz CT molecular complexity index is 2850. The molecular weight excluding hydrogens is 783 g/mol. The van der Waals surface area contributed by atoms with Crippen LogP contribution in [0.3, 0.4) is 0 Å². The van der Waals surface area contributed by atoms with Crippen molar-refractivity contribution in [1.82, 2.24) is 0 Å². The van der Waals surface area contributed by atoms with Crippen molar-refractivity contribution in [2.24, 2.45) is 0 Å². The number of benzene rings is 9. The summed E-state index contributed by atoms with van der Waals surface area (Å²) >= 11 is 0. The molecule has 0 spiro atoms. The third-order valence-electron chi connectivity index (χ3n) is 11.1. The van der Waals surface area contributed by atoms with Crippen LogP contribution in [0, 0.1) is 0 Å². The first-order valence-corrected chi connectivity index (χ1v) is 21.5. The zero-order valence-corrected chi connectivity index (χ0v) is 35.7. The molecule has 0 bridgehead atoms. The Morgan fingerprint density at radius 2 is 0.656 bits per heavy atom. The molecule has 0 aliphatic carbocycles. The molecule has 4 heteroatoms. The number of aryl methyl sites for hydroxylation is 1. The second-order valence-corrected chi connectivity index (χ2v) is 15.4. The van der Waals surface area contributed by atoms with E-state index in [1.807, 2.05) is 109 Å². The van der Waals surface area contributed by atoms with E-state index in [9.17, 15) is 0 Å². The lowest BCUT2D eigenvalue weighted by Gasteiger charge is -2.26. The molecule has 0 heterocycles. The maximum absolute atomic E-state index is 6.25. The van der Waals surface area contributed by atoms with Crippen LogP contribution in [0.15, 0.2) is 232 Å². The van der Waals surface area contributed by atoms with Crippen LogP contribution in [0.25, 0.3) is 45.5 Å². The number of rotatable bonds is 15. The molecule has 0 aliphatic heterocycles. The predicted molar refractivity (Wildman–Crippen MR) is 267 cm³/mol. The Morgan fingerprint density at radius 1 is 0.344 bits per heavy atom. The molecule has 0 saturated carbocycles. The zero-order valence-electron chi connectivity index (χ0n) is 35.7. The second kappa shape index (κ2) is 19.1. The zero-order chi connectivity index (χ0) is 43.7. The van der Waals surface area contributed by atoms with Gasteiger partial charge in [0.25, 0.3) is 0 Å². The van der Waals surface area contributed by atoms with Gasteiger partial charge in [-0.3, -0.25) is 0 Å². The van der Waals surface area contributed by atoms with Gasteiger partial charge in [-0.05, 0) is 166 Å². The Hall–Kier alpha value is -8.34. The molecule has 0 N–H and O–H groups in total. The minimum atomic E-state index is 0.775. The Kier molecular flexibility index (Phi) is 12.3. The van der Waals surface area contributed by atoms with Crippen LogP contribution in [0.2, 0.25) is 0 Å². The summed E-state index contributed by atoms with van der Waals surface area (Å²) < 4.78 is 18.7. The standard InChI is InChI=1S/C60H47NO3/c1-4-43-16-34-55(35-17-43)62-58-13-7-10-49(40-58)46-22-28-52(29-23-46)61(53-30-24-47(25-31-53)50-11-8-14-59(41-50)63-56-36-18-44(5-2)19-37-56)54-32-26-48(27-33-54)51-12-9-15-60(42-51)64-57-38-20-45(6-3)21-39-57/h4-5,7-42H,1-2,6H2,3H3. The molecule has 9 rings (SSSR count). The molecule has 64 heavy (non-hydrogen) atoms. The lowest BCUT2D eigenvalue weighted by Crippen LogP contribution is -2.09. The summed E-state index contributed by atoms with van der Waals surface area (Å²) in [7, 11) is 0. The average Bonchev–Trinajstić information content (AvgIpc) is 3.36. The highest BCUT2D eigenvalue weighted by atomic mass is 16.5.